The zero-order valence-corrected chi connectivity index (χ0v) is 11.6. The molecule has 6 heteroatoms. The molecule has 1 aromatic carbocycles. The summed E-state index contributed by atoms with van der Waals surface area (Å²) in [5, 5.41) is 11.1. The number of nitrogens with zero attached hydrogens (tertiary/aromatic N) is 2. The molecule has 0 saturated heterocycles. The molecule has 0 saturated carbocycles. The summed E-state index contributed by atoms with van der Waals surface area (Å²) < 4.78 is 10.3. The van der Waals surface area contributed by atoms with Gasteiger partial charge in [-0.2, -0.15) is 0 Å². The Hall–Kier alpha value is -2.50. The van der Waals surface area contributed by atoms with Gasteiger partial charge in [0, 0.05) is 5.56 Å². The van der Waals surface area contributed by atoms with Gasteiger partial charge >= 0.3 is 0 Å². The predicted octanol–water partition coefficient (Wildman–Crippen LogP) is 3.19. The molecular weight excluding hydrogens is 256 g/mol. The molecule has 2 aromatic heterocycles. The maximum atomic E-state index is 5.83. The number of nitrogen functional groups attached to an aromatic ring is 1. The molecule has 2 heterocycles. The molecule has 0 bridgehead atoms. The average molecular weight is 272 g/mol. The molecule has 0 amide bonds. The lowest BCUT2D eigenvalue weighted by Crippen LogP contribution is -2.07. The highest BCUT2D eigenvalue weighted by Crippen LogP contribution is 2.30. The lowest BCUT2D eigenvalue weighted by Gasteiger charge is -2.14. The van der Waals surface area contributed by atoms with Crippen LogP contribution in [0.2, 0.25) is 0 Å². The molecule has 0 aliphatic heterocycles. The molecule has 3 N–H and O–H groups in total. The molecule has 0 aliphatic carbocycles. The van der Waals surface area contributed by atoms with Gasteiger partial charge in [-0.25, -0.2) is 4.63 Å². The monoisotopic (exact) mass is 272 g/mol. The van der Waals surface area contributed by atoms with Gasteiger partial charge in [0.25, 0.3) is 0 Å². The minimum Gasteiger partial charge on any atom is -0.466 e. The number of aromatic nitrogens is 2. The number of nitrogens with one attached hydrogen (secondary N) is 1. The maximum absolute atomic E-state index is 5.83. The van der Waals surface area contributed by atoms with E-state index in [-0.39, 0.29) is 6.04 Å². The van der Waals surface area contributed by atoms with E-state index in [0.717, 1.165) is 22.8 Å². The molecule has 3 rings (SSSR count). The molecule has 3 aromatic rings. The van der Waals surface area contributed by atoms with Gasteiger partial charge in [0.05, 0.1) is 17.4 Å². The fourth-order valence-electron chi connectivity index (χ4n) is 2.39. The van der Waals surface area contributed by atoms with Crippen LogP contribution in [0.25, 0.3) is 11.0 Å². The largest absolute Gasteiger partial charge is 0.466 e. The van der Waals surface area contributed by atoms with Crippen molar-refractivity contribution < 1.29 is 9.05 Å². The van der Waals surface area contributed by atoms with Crippen molar-refractivity contribution in [3.8, 4) is 0 Å². The van der Waals surface area contributed by atoms with Crippen molar-refractivity contribution >= 4 is 22.4 Å². The molecule has 20 heavy (non-hydrogen) atoms. The van der Waals surface area contributed by atoms with E-state index in [2.05, 4.69) is 22.6 Å². The fourth-order valence-corrected chi connectivity index (χ4v) is 2.39. The van der Waals surface area contributed by atoms with Gasteiger partial charge in [-0.3, -0.25) is 0 Å². The highest BCUT2D eigenvalue weighted by atomic mass is 16.6. The van der Waals surface area contributed by atoms with Crippen molar-refractivity contribution in [1.29, 1.82) is 0 Å². The summed E-state index contributed by atoms with van der Waals surface area (Å²) in [5.41, 5.74) is 9.54. The van der Waals surface area contributed by atoms with Crippen LogP contribution in [0.1, 0.15) is 30.0 Å². The van der Waals surface area contributed by atoms with Crippen molar-refractivity contribution in [2.24, 2.45) is 0 Å². The van der Waals surface area contributed by atoms with Gasteiger partial charge in [0.15, 0.2) is 11.0 Å². The van der Waals surface area contributed by atoms with Crippen LogP contribution in [0.5, 0.6) is 0 Å². The van der Waals surface area contributed by atoms with Crippen molar-refractivity contribution in [2.75, 3.05) is 11.1 Å². The summed E-state index contributed by atoms with van der Waals surface area (Å²) in [6.45, 7) is 5.95. The molecule has 1 atom stereocenters. The minimum atomic E-state index is 0.0796. The Bertz CT molecular complexity index is 760. The van der Waals surface area contributed by atoms with Crippen LogP contribution in [-0.4, -0.2) is 10.3 Å². The quantitative estimate of drug-likeness (QED) is 0.712. The van der Waals surface area contributed by atoms with Crippen LogP contribution in [0.4, 0.5) is 11.4 Å². The molecule has 6 nitrogen and oxygen atoms in total. The van der Waals surface area contributed by atoms with Crippen LogP contribution in [0.3, 0.4) is 0 Å². The highest BCUT2D eigenvalue weighted by molar-refractivity contribution is 5.95. The minimum absolute atomic E-state index is 0.0796. The molecule has 104 valence electrons. The van der Waals surface area contributed by atoms with Crippen molar-refractivity contribution in [3.63, 3.8) is 0 Å². The number of fused-ring (bicyclic) bond motifs is 1. The van der Waals surface area contributed by atoms with Crippen molar-refractivity contribution in [1.82, 2.24) is 10.3 Å². The number of hydrogen-bond acceptors (Lipinski definition) is 6. The Balaban J connectivity index is 1.95. The Morgan fingerprint density at radius 1 is 1.20 bits per heavy atom. The standard InChI is InChI=1S/C14H16N4O2/c1-7-6-10(9(3)19-7)8(2)16-12-5-4-11(15)13-14(12)18-20-17-13/h4-6,8,16H,15H2,1-3H3. The predicted molar refractivity (Wildman–Crippen MR) is 76.4 cm³/mol. The third kappa shape index (κ3) is 1.99. The summed E-state index contributed by atoms with van der Waals surface area (Å²) in [7, 11) is 0. The fraction of sp³-hybridized carbons (Fsp3) is 0.286. The molecule has 1 unspecified atom stereocenters. The highest BCUT2D eigenvalue weighted by Gasteiger charge is 2.16. The Morgan fingerprint density at radius 3 is 2.65 bits per heavy atom. The van der Waals surface area contributed by atoms with Gasteiger partial charge in [-0.15, -0.1) is 0 Å². The number of furan rings is 1. The van der Waals surface area contributed by atoms with Crippen LogP contribution in [0, 0.1) is 13.8 Å². The lowest BCUT2D eigenvalue weighted by molar-refractivity contribution is 0.315. The van der Waals surface area contributed by atoms with Crippen molar-refractivity contribution in [2.45, 2.75) is 26.8 Å². The van der Waals surface area contributed by atoms with E-state index < -0.39 is 0 Å². The maximum Gasteiger partial charge on any atom is 0.160 e. The second-order valence-electron chi connectivity index (χ2n) is 4.90. The number of benzene rings is 1. The van der Waals surface area contributed by atoms with E-state index in [1.165, 1.54) is 0 Å². The first-order valence-corrected chi connectivity index (χ1v) is 6.40. The summed E-state index contributed by atoms with van der Waals surface area (Å²) >= 11 is 0. The van der Waals surface area contributed by atoms with Gasteiger partial charge in [-0.1, -0.05) is 0 Å². The third-order valence-electron chi connectivity index (χ3n) is 3.36. The molecule has 0 spiro atoms. The third-order valence-corrected chi connectivity index (χ3v) is 3.36. The second-order valence-corrected chi connectivity index (χ2v) is 4.90. The van der Waals surface area contributed by atoms with Crippen LogP contribution < -0.4 is 11.1 Å². The first-order chi connectivity index (χ1) is 9.56. The van der Waals surface area contributed by atoms with E-state index >= 15 is 0 Å². The van der Waals surface area contributed by atoms with Crippen LogP contribution >= 0.6 is 0 Å². The number of anilines is 2. The summed E-state index contributed by atoms with van der Waals surface area (Å²) in [4.78, 5) is 0. The summed E-state index contributed by atoms with van der Waals surface area (Å²) in [5.74, 6) is 1.81. The van der Waals surface area contributed by atoms with Crippen LogP contribution in [0.15, 0.2) is 27.2 Å². The molecule has 0 fully saturated rings. The van der Waals surface area contributed by atoms with Gasteiger partial charge in [0.2, 0.25) is 0 Å². The van der Waals surface area contributed by atoms with E-state index in [4.69, 9.17) is 14.8 Å². The number of hydrogen-bond donors (Lipinski definition) is 2. The molecule has 0 aliphatic rings. The lowest BCUT2D eigenvalue weighted by atomic mass is 10.1. The Morgan fingerprint density at radius 2 is 1.95 bits per heavy atom. The molecule has 0 radical (unpaired) electrons. The second kappa shape index (κ2) is 4.56. The molecular formula is C14H16N4O2. The van der Waals surface area contributed by atoms with Gasteiger partial charge in [0.1, 0.15) is 11.5 Å². The zero-order chi connectivity index (χ0) is 14.3. The van der Waals surface area contributed by atoms with E-state index in [1.54, 1.807) is 6.07 Å². The van der Waals surface area contributed by atoms with Gasteiger partial charge in [-0.05, 0) is 49.3 Å². The Labute approximate surface area is 115 Å². The normalized spacial score (nSPS) is 12.8. The average Bonchev–Trinajstić information content (AvgIpc) is 3.00. The topological polar surface area (TPSA) is 90.1 Å². The smallest absolute Gasteiger partial charge is 0.160 e. The number of rotatable bonds is 3. The first-order valence-electron chi connectivity index (χ1n) is 6.40. The zero-order valence-electron chi connectivity index (χ0n) is 11.6. The number of nitrogens with two attached hydrogens (primary N) is 1. The van der Waals surface area contributed by atoms with Crippen molar-refractivity contribution in [3.05, 3.63) is 35.3 Å². The Kier molecular flexibility index (Phi) is 2.85. The first kappa shape index (κ1) is 12.5. The van der Waals surface area contributed by atoms with E-state index in [9.17, 15) is 0 Å². The van der Waals surface area contributed by atoms with Gasteiger partial charge < -0.3 is 15.5 Å². The van der Waals surface area contributed by atoms with Crippen LogP contribution in [-0.2, 0) is 0 Å². The SMILES string of the molecule is Cc1cc(C(C)Nc2ccc(N)c3nonc23)c(C)o1. The number of aryl methyl sites for hydroxylation is 2. The van der Waals surface area contributed by atoms with E-state index in [0.29, 0.717) is 16.7 Å². The summed E-state index contributed by atoms with van der Waals surface area (Å²) in [6, 6.07) is 5.77. The van der Waals surface area contributed by atoms with E-state index in [1.807, 2.05) is 26.0 Å². The summed E-state index contributed by atoms with van der Waals surface area (Å²) in [6.07, 6.45) is 0.